The normalized spacial score (nSPS) is 10.1. The fourth-order valence-corrected chi connectivity index (χ4v) is 0.888. The third-order valence-electron chi connectivity index (χ3n) is 1.55. The molecule has 1 rings (SSSR count). The minimum Gasteiger partial charge on any atom is -0.497 e. The summed E-state index contributed by atoms with van der Waals surface area (Å²) in [4.78, 5) is 10.5. The van der Waals surface area contributed by atoms with Gasteiger partial charge in [0, 0.05) is 6.92 Å². The van der Waals surface area contributed by atoms with Gasteiger partial charge in [-0.3, -0.25) is 4.79 Å². The highest BCUT2D eigenvalue weighted by Gasteiger charge is 1.90. The highest BCUT2D eigenvalue weighted by molar-refractivity contribution is 5.81. The fourth-order valence-electron chi connectivity index (χ4n) is 0.888. The van der Waals surface area contributed by atoms with Crippen LogP contribution in [0.3, 0.4) is 0 Å². The van der Waals surface area contributed by atoms with Gasteiger partial charge in [-0.05, 0) is 29.8 Å². The predicted octanol–water partition coefficient (Wildman–Crippen LogP) is 1.17. The third-order valence-corrected chi connectivity index (χ3v) is 1.55. The van der Waals surface area contributed by atoms with Crippen molar-refractivity contribution in [1.82, 2.24) is 5.43 Å². The second kappa shape index (κ2) is 5.01. The average molecular weight is 192 g/mol. The number of amides is 1. The van der Waals surface area contributed by atoms with E-state index in [0.717, 1.165) is 11.3 Å². The Morgan fingerprint density at radius 2 is 2.07 bits per heavy atom. The maximum atomic E-state index is 10.5. The van der Waals surface area contributed by atoms with Crippen LogP contribution in [0.25, 0.3) is 0 Å². The zero-order chi connectivity index (χ0) is 10.4. The molecule has 0 aliphatic carbocycles. The van der Waals surface area contributed by atoms with E-state index in [2.05, 4.69) is 10.5 Å². The molecule has 0 aliphatic rings. The van der Waals surface area contributed by atoms with E-state index in [-0.39, 0.29) is 5.91 Å². The Morgan fingerprint density at radius 3 is 2.57 bits per heavy atom. The molecular weight excluding hydrogens is 180 g/mol. The number of carbonyl (C=O) groups excluding carboxylic acids is 1. The lowest BCUT2D eigenvalue weighted by atomic mass is 10.2. The molecular formula is C10H12N2O2. The SMILES string of the molecule is COc1ccc(/C=N\NC(C)=O)cc1. The molecule has 0 spiro atoms. The van der Waals surface area contributed by atoms with E-state index in [9.17, 15) is 4.79 Å². The van der Waals surface area contributed by atoms with Gasteiger partial charge in [0.1, 0.15) is 5.75 Å². The van der Waals surface area contributed by atoms with E-state index < -0.39 is 0 Å². The first-order chi connectivity index (χ1) is 6.72. The molecule has 14 heavy (non-hydrogen) atoms. The topological polar surface area (TPSA) is 50.7 Å². The van der Waals surface area contributed by atoms with Crippen LogP contribution in [0.2, 0.25) is 0 Å². The number of nitrogens with one attached hydrogen (secondary N) is 1. The number of ether oxygens (including phenoxy) is 1. The van der Waals surface area contributed by atoms with Crippen LogP contribution in [0.5, 0.6) is 5.75 Å². The summed E-state index contributed by atoms with van der Waals surface area (Å²) in [5.74, 6) is 0.608. The van der Waals surface area contributed by atoms with Crippen LogP contribution < -0.4 is 10.2 Å². The van der Waals surface area contributed by atoms with Crippen molar-refractivity contribution in [2.75, 3.05) is 7.11 Å². The van der Waals surface area contributed by atoms with Crippen LogP contribution in [0.15, 0.2) is 29.4 Å². The maximum absolute atomic E-state index is 10.5. The monoisotopic (exact) mass is 192 g/mol. The van der Waals surface area contributed by atoms with Gasteiger partial charge in [-0.1, -0.05) is 0 Å². The predicted molar refractivity (Wildman–Crippen MR) is 54.4 cm³/mol. The number of hydrogen-bond donors (Lipinski definition) is 1. The van der Waals surface area contributed by atoms with E-state index in [0.29, 0.717) is 0 Å². The summed E-state index contributed by atoms with van der Waals surface area (Å²) in [5.41, 5.74) is 3.22. The van der Waals surface area contributed by atoms with E-state index in [1.54, 1.807) is 13.3 Å². The van der Waals surface area contributed by atoms with Gasteiger partial charge < -0.3 is 4.74 Å². The standard InChI is InChI=1S/C10H12N2O2/c1-8(13)12-11-7-9-3-5-10(14-2)6-4-9/h3-7H,1-2H3,(H,12,13)/b11-7-. The lowest BCUT2D eigenvalue weighted by Gasteiger charge is -1.98. The Labute approximate surface area is 82.6 Å². The van der Waals surface area contributed by atoms with Gasteiger partial charge in [0.25, 0.3) is 0 Å². The van der Waals surface area contributed by atoms with E-state index in [1.807, 2.05) is 24.3 Å². The molecule has 0 aliphatic heterocycles. The van der Waals surface area contributed by atoms with Crippen LogP contribution in [0.4, 0.5) is 0 Å². The summed E-state index contributed by atoms with van der Waals surface area (Å²) in [7, 11) is 1.61. The van der Waals surface area contributed by atoms with Gasteiger partial charge in [-0.15, -0.1) is 0 Å². The first-order valence-corrected chi connectivity index (χ1v) is 4.16. The zero-order valence-corrected chi connectivity index (χ0v) is 8.15. The smallest absolute Gasteiger partial charge is 0.236 e. The fraction of sp³-hybridized carbons (Fsp3) is 0.200. The molecule has 1 aromatic rings. The molecule has 0 radical (unpaired) electrons. The lowest BCUT2D eigenvalue weighted by molar-refractivity contribution is -0.118. The van der Waals surface area contributed by atoms with Crippen molar-refractivity contribution in [3.8, 4) is 5.75 Å². The molecule has 74 valence electrons. The number of nitrogens with zero attached hydrogens (tertiary/aromatic N) is 1. The molecule has 4 heteroatoms. The van der Waals surface area contributed by atoms with Crippen molar-refractivity contribution in [3.63, 3.8) is 0 Å². The molecule has 1 N–H and O–H groups in total. The first kappa shape index (κ1) is 10.2. The van der Waals surface area contributed by atoms with Crippen molar-refractivity contribution in [3.05, 3.63) is 29.8 Å². The zero-order valence-electron chi connectivity index (χ0n) is 8.15. The van der Waals surface area contributed by atoms with Crippen molar-refractivity contribution < 1.29 is 9.53 Å². The van der Waals surface area contributed by atoms with Crippen molar-refractivity contribution in [2.24, 2.45) is 5.10 Å². The van der Waals surface area contributed by atoms with Crippen LogP contribution in [0, 0.1) is 0 Å². The Hall–Kier alpha value is -1.84. The van der Waals surface area contributed by atoms with E-state index in [1.165, 1.54) is 6.92 Å². The highest BCUT2D eigenvalue weighted by Crippen LogP contribution is 2.09. The van der Waals surface area contributed by atoms with Gasteiger partial charge in [0.05, 0.1) is 13.3 Å². The summed E-state index contributed by atoms with van der Waals surface area (Å²) < 4.78 is 5.00. The van der Waals surface area contributed by atoms with Gasteiger partial charge >= 0.3 is 0 Å². The van der Waals surface area contributed by atoms with Crippen LogP contribution in [-0.2, 0) is 4.79 Å². The summed E-state index contributed by atoms with van der Waals surface area (Å²) in [5, 5.41) is 3.73. The van der Waals surface area contributed by atoms with Crippen LogP contribution >= 0.6 is 0 Å². The summed E-state index contributed by atoms with van der Waals surface area (Å²) >= 11 is 0. The van der Waals surface area contributed by atoms with Gasteiger partial charge in [-0.2, -0.15) is 5.10 Å². The van der Waals surface area contributed by atoms with Gasteiger partial charge in [-0.25, -0.2) is 5.43 Å². The van der Waals surface area contributed by atoms with E-state index >= 15 is 0 Å². The minimum atomic E-state index is -0.185. The minimum absolute atomic E-state index is 0.185. The number of benzene rings is 1. The Balaban J connectivity index is 2.59. The highest BCUT2D eigenvalue weighted by atomic mass is 16.5. The molecule has 0 atom stereocenters. The molecule has 1 aromatic carbocycles. The molecule has 0 aromatic heterocycles. The maximum Gasteiger partial charge on any atom is 0.236 e. The third kappa shape index (κ3) is 3.26. The molecule has 0 fully saturated rings. The molecule has 0 heterocycles. The summed E-state index contributed by atoms with van der Waals surface area (Å²) in [6.07, 6.45) is 1.57. The number of carbonyl (C=O) groups is 1. The lowest BCUT2D eigenvalue weighted by Crippen LogP contribution is -2.12. The molecule has 0 saturated carbocycles. The van der Waals surface area contributed by atoms with Gasteiger partial charge in [0.2, 0.25) is 5.91 Å². The van der Waals surface area contributed by atoms with Gasteiger partial charge in [0.15, 0.2) is 0 Å². The number of hydrazone groups is 1. The first-order valence-electron chi connectivity index (χ1n) is 4.16. The van der Waals surface area contributed by atoms with E-state index in [4.69, 9.17) is 4.74 Å². The molecule has 4 nitrogen and oxygen atoms in total. The molecule has 0 saturated heterocycles. The largest absolute Gasteiger partial charge is 0.497 e. The second-order valence-corrected chi connectivity index (χ2v) is 2.70. The molecule has 0 bridgehead atoms. The Morgan fingerprint density at radius 1 is 1.43 bits per heavy atom. The quantitative estimate of drug-likeness (QED) is 0.577. The van der Waals surface area contributed by atoms with Crippen LogP contribution in [0.1, 0.15) is 12.5 Å². The Kier molecular flexibility index (Phi) is 3.67. The number of hydrogen-bond acceptors (Lipinski definition) is 3. The number of rotatable bonds is 3. The molecule has 0 unspecified atom stereocenters. The van der Waals surface area contributed by atoms with Crippen LogP contribution in [-0.4, -0.2) is 19.2 Å². The van der Waals surface area contributed by atoms with Crippen molar-refractivity contribution in [1.29, 1.82) is 0 Å². The second-order valence-electron chi connectivity index (χ2n) is 2.70. The summed E-state index contributed by atoms with van der Waals surface area (Å²) in [6, 6.07) is 7.36. The summed E-state index contributed by atoms with van der Waals surface area (Å²) in [6.45, 7) is 1.41. The Bertz CT molecular complexity index is 330. The average Bonchev–Trinajstić information content (AvgIpc) is 2.18. The number of methoxy groups -OCH3 is 1. The molecule has 1 amide bonds. The van der Waals surface area contributed by atoms with Crippen molar-refractivity contribution >= 4 is 12.1 Å². The van der Waals surface area contributed by atoms with Crippen molar-refractivity contribution in [2.45, 2.75) is 6.92 Å².